The molecule has 6 rings (SSSR count). The van der Waals surface area contributed by atoms with E-state index < -0.39 is 0 Å². The van der Waals surface area contributed by atoms with Crippen LogP contribution in [0, 0.1) is 23.7 Å². The summed E-state index contributed by atoms with van der Waals surface area (Å²) in [7, 11) is 3.35. The quantitative estimate of drug-likeness (QED) is 0.218. The smallest absolute Gasteiger partial charge is 0.187 e. The van der Waals surface area contributed by atoms with E-state index in [0.717, 1.165) is 21.9 Å². The lowest BCUT2D eigenvalue weighted by atomic mass is 9.90. The van der Waals surface area contributed by atoms with Crippen molar-refractivity contribution in [3.05, 3.63) is 96.1 Å². The van der Waals surface area contributed by atoms with E-state index in [4.69, 9.17) is 9.47 Å². The first-order valence-electron chi connectivity index (χ1n) is 12.4. The Bertz CT molecular complexity index is 1770. The summed E-state index contributed by atoms with van der Waals surface area (Å²) in [6.07, 6.45) is 6.97. The number of ether oxygens (including phenoxy) is 2. The standard InChI is InChI=1S/C32H26N4O2/c1-21(37-3)35-19-17-33-29(35)15-11-23-5-7-25-10-14-28-24(6-8-26-9-13-27(23)31(25)32(26)28)12-16-30-34-18-20-36(30)22(2)38-4/h5-10,13-14,17-22H,1-4H3. The van der Waals surface area contributed by atoms with Gasteiger partial charge in [-0.2, -0.15) is 0 Å². The van der Waals surface area contributed by atoms with Crippen LogP contribution < -0.4 is 0 Å². The second kappa shape index (κ2) is 9.68. The molecule has 0 saturated heterocycles. The van der Waals surface area contributed by atoms with Crippen LogP contribution in [-0.4, -0.2) is 33.3 Å². The molecule has 0 fully saturated rings. The fourth-order valence-electron chi connectivity index (χ4n) is 4.90. The highest BCUT2D eigenvalue weighted by atomic mass is 16.5. The number of rotatable bonds is 4. The summed E-state index contributed by atoms with van der Waals surface area (Å²) in [4.78, 5) is 8.83. The molecule has 0 aliphatic heterocycles. The summed E-state index contributed by atoms with van der Waals surface area (Å²) in [5, 5.41) is 6.96. The van der Waals surface area contributed by atoms with Crippen molar-refractivity contribution in [2.75, 3.05) is 14.2 Å². The topological polar surface area (TPSA) is 54.1 Å². The molecule has 6 aromatic rings. The Labute approximate surface area is 221 Å². The van der Waals surface area contributed by atoms with E-state index in [1.807, 2.05) is 35.4 Å². The third-order valence-electron chi connectivity index (χ3n) is 7.09. The summed E-state index contributed by atoms with van der Waals surface area (Å²) < 4.78 is 14.7. The molecule has 0 aliphatic carbocycles. The van der Waals surface area contributed by atoms with E-state index >= 15 is 0 Å². The molecule has 2 unspecified atom stereocenters. The molecular formula is C32H26N4O2. The third kappa shape index (κ3) is 3.97. The van der Waals surface area contributed by atoms with Crippen LogP contribution >= 0.6 is 0 Å². The lowest BCUT2D eigenvalue weighted by Crippen LogP contribution is -2.08. The van der Waals surface area contributed by atoms with Gasteiger partial charge in [-0.15, -0.1) is 0 Å². The molecule has 0 saturated carbocycles. The minimum absolute atomic E-state index is 0.140. The second-order valence-electron chi connectivity index (χ2n) is 9.13. The molecule has 2 aromatic heterocycles. The van der Waals surface area contributed by atoms with Crippen LogP contribution in [0.25, 0.3) is 32.3 Å². The number of hydrogen-bond donors (Lipinski definition) is 0. The van der Waals surface area contributed by atoms with Gasteiger partial charge in [0.25, 0.3) is 0 Å². The van der Waals surface area contributed by atoms with Crippen molar-refractivity contribution in [3.63, 3.8) is 0 Å². The van der Waals surface area contributed by atoms with Crippen LogP contribution in [0.15, 0.2) is 73.3 Å². The van der Waals surface area contributed by atoms with Gasteiger partial charge in [-0.05, 0) is 70.1 Å². The lowest BCUT2D eigenvalue weighted by Gasteiger charge is -2.13. The zero-order valence-electron chi connectivity index (χ0n) is 21.7. The van der Waals surface area contributed by atoms with Crippen molar-refractivity contribution in [3.8, 4) is 23.7 Å². The highest BCUT2D eigenvalue weighted by Gasteiger charge is 2.13. The van der Waals surface area contributed by atoms with E-state index in [2.05, 4.69) is 82.2 Å². The maximum absolute atomic E-state index is 5.45. The maximum Gasteiger partial charge on any atom is 0.187 e. The van der Waals surface area contributed by atoms with Crippen molar-refractivity contribution in [1.82, 2.24) is 19.1 Å². The van der Waals surface area contributed by atoms with Crippen molar-refractivity contribution >= 4 is 32.3 Å². The zero-order chi connectivity index (χ0) is 26.2. The van der Waals surface area contributed by atoms with Crippen LogP contribution in [0.1, 0.15) is 49.1 Å². The second-order valence-corrected chi connectivity index (χ2v) is 9.13. The fourth-order valence-corrected chi connectivity index (χ4v) is 4.90. The van der Waals surface area contributed by atoms with Crippen LogP contribution in [0.2, 0.25) is 0 Å². The minimum Gasteiger partial charge on any atom is -0.362 e. The van der Waals surface area contributed by atoms with Gasteiger partial charge in [0.1, 0.15) is 12.5 Å². The Balaban J connectivity index is 1.49. The molecule has 0 bridgehead atoms. The Hall–Kier alpha value is -4.62. The molecule has 2 atom stereocenters. The van der Waals surface area contributed by atoms with Crippen LogP contribution in [-0.2, 0) is 9.47 Å². The van der Waals surface area contributed by atoms with Crippen molar-refractivity contribution in [1.29, 1.82) is 0 Å². The Morgan fingerprint density at radius 2 is 1.03 bits per heavy atom. The molecule has 0 amide bonds. The average molecular weight is 499 g/mol. The van der Waals surface area contributed by atoms with Gasteiger partial charge >= 0.3 is 0 Å². The van der Waals surface area contributed by atoms with Crippen molar-refractivity contribution in [2.24, 2.45) is 0 Å². The van der Waals surface area contributed by atoms with Gasteiger partial charge in [0.05, 0.1) is 0 Å². The molecule has 0 radical (unpaired) electrons. The van der Waals surface area contributed by atoms with Gasteiger partial charge in [0, 0.05) is 50.1 Å². The van der Waals surface area contributed by atoms with E-state index in [-0.39, 0.29) is 12.5 Å². The van der Waals surface area contributed by atoms with Crippen molar-refractivity contribution < 1.29 is 9.47 Å². The number of aromatic nitrogens is 4. The molecular weight excluding hydrogens is 472 g/mol. The molecule has 6 heteroatoms. The molecule has 0 N–H and O–H groups in total. The average Bonchev–Trinajstić information content (AvgIpc) is 3.63. The van der Waals surface area contributed by atoms with Gasteiger partial charge in [0.15, 0.2) is 11.6 Å². The van der Waals surface area contributed by atoms with Gasteiger partial charge in [0.2, 0.25) is 0 Å². The number of methoxy groups -OCH3 is 2. The monoisotopic (exact) mass is 498 g/mol. The first-order valence-corrected chi connectivity index (χ1v) is 12.4. The largest absolute Gasteiger partial charge is 0.362 e. The third-order valence-corrected chi connectivity index (χ3v) is 7.09. The number of benzene rings is 4. The van der Waals surface area contributed by atoms with Crippen molar-refractivity contribution in [2.45, 2.75) is 26.3 Å². The van der Waals surface area contributed by atoms with Gasteiger partial charge in [-0.3, -0.25) is 9.13 Å². The van der Waals surface area contributed by atoms with Gasteiger partial charge in [-0.25, -0.2) is 9.97 Å². The Kier molecular flexibility index (Phi) is 6.05. The zero-order valence-corrected chi connectivity index (χ0v) is 21.7. The van der Waals surface area contributed by atoms with E-state index in [1.54, 1.807) is 26.6 Å². The summed E-state index contributed by atoms with van der Waals surface area (Å²) in [6, 6.07) is 17.1. The summed E-state index contributed by atoms with van der Waals surface area (Å²) >= 11 is 0. The fraction of sp³-hybridized carbons (Fsp3) is 0.188. The molecule has 6 nitrogen and oxygen atoms in total. The number of imidazole rings is 2. The normalized spacial score (nSPS) is 12.8. The maximum atomic E-state index is 5.45. The molecule has 2 heterocycles. The Morgan fingerprint density at radius 1 is 0.605 bits per heavy atom. The molecule has 0 aliphatic rings. The number of nitrogens with zero attached hydrogens (tertiary/aromatic N) is 4. The molecule has 0 spiro atoms. The van der Waals surface area contributed by atoms with E-state index in [0.29, 0.717) is 11.6 Å². The minimum atomic E-state index is -0.140. The highest BCUT2D eigenvalue weighted by molar-refractivity contribution is 6.24. The first-order chi connectivity index (χ1) is 18.6. The SMILES string of the molecule is COC(C)n1ccnc1C#Cc1ccc2ccc3c(C#Cc4nccn4C(C)OC)ccc4ccc1c2c43. The molecule has 38 heavy (non-hydrogen) atoms. The first kappa shape index (κ1) is 23.8. The molecule has 186 valence electrons. The Morgan fingerprint density at radius 3 is 1.45 bits per heavy atom. The number of hydrogen-bond acceptors (Lipinski definition) is 4. The van der Waals surface area contributed by atoms with Crippen LogP contribution in [0.3, 0.4) is 0 Å². The summed E-state index contributed by atoms with van der Waals surface area (Å²) in [5.41, 5.74) is 1.91. The molecule has 4 aromatic carbocycles. The van der Waals surface area contributed by atoms with E-state index in [1.165, 1.54) is 21.5 Å². The predicted octanol–water partition coefficient (Wildman–Crippen LogP) is 6.11. The van der Waals surface area contributed by atoms with Crippen LogP contribution in [0.4, 0.5) is 0 Å². The highest BCUT2D eigenvalue weighted by Crippen LogP contribution is 2.37. The summed E-state index contributed by atoms with van der Waals surface area (Å²) in [6.45, 7) is 3.93. The van der Waals surface area contributed by atoms with E-state index in [9.17, 15) is 0 Å². The van der Waals surface area contributed by atoms with Gasteiger partial charge in [-0.1, -0.05) is 48.2 Å². The lowest BCUT2D eigenvalue weighted by molar-refractivity contribution is 0.0596. The van der Waals surface area contributed by atoms with Gasteiger partial charge < -0.3 is 9.47 Å². The van der Waals surface area contributed by atoms with Crippen LogP contribution in [0.5, 0.6) is 0 Å². The predicted molar refractivity (Wildman–Crippen MR) is 150 cm³/mol. The summed E-state index contributed by atoms with van der Waals surface area (Å²) in [5.74, 6) is 14.6.